The largest absolute Gasteiger partial charge is 0.326 e. The van der Waals surface area contributed by atoms with Gasteiger partial charge in [0.2, 0.25) is 0 Å². The summed E-state index contributed by atoms with van der Waals surface area (Å²) in [5.41, 5.74) is 8.15. The molecule has 0 aliphatic heterocycles. The minimum Gasteiger partial charge on any atom is -0.326 e. The maximum atomic E-state index is 5.99. The molecule has 0 unspecified atom stereocenters. The first-order chi connectivity index (χ1) is 5.46. The first-order valence-corrected chi connectivity index (χ1v) is 5.19. The Balaban J connectivity index is 3.16. The lowest BCUT2D eigenvalue weighted by Crippen LogP contribution is -2.14. The molecule has 1 nitrogen and oxygen atoms in total. The van der Waals surface area contributed by atoms with Crippen molar-refractivity contribution >= 4 is 22.9 Å². The van der Waals surface area contributed by atoms with E-state index < -0.39 is 0 Å². The van der Waals surface area contributed by atoms with Crippen LogP contribution in [0.5, 0.6) is 0 Å². The van der Waals surface area contributed by atoms with Gasteiger partial charge in [-0.3, -0.25) is 0 Å². The van der Waals surface area contributed by atoms with Crippen LogP contribution in [-0.2, 0) is 12.0 Å². The SMILES string of the molecule is CC(C)(C)c1csc(Cl)c1CN. The standard InChI is InChI=1S/C9H14ClNS/c1-9(2,3)7-5-12-8(10)6(7)4-11/h5H,4,11H2,1-3H3. The van der Waals surface area contributed by atoms with Crippen LogP contribution in [0.25, 0.3) is 0 Å². The first kappa shape index (κ1) is 10.0. The molecular weight excluding hydrogens is 190 g/mol. The Morgan fingerprint density at radius 1 is 1.50 bits per heavy atom. The molecule has 3 heteroatoms. The Hall–Kier alpha value is -0.0500. The van der Waals surface area contributed by atoms with E-state index in [0.29, 0.717) is 6.54 Å². The fourth-order valence-electron chi connectivity index (χ4n) is 1.18. The van der Waals surface area contributed by atoms with Gasteiger partial charge < -0.3 is 5.73 Å². The third-order valence-electron chi connectivity index (χ3n) is 1.85. The van der Waals surface area contributed by atoms with Crippen molar-refractivity contribution in [1.82, 2.24) is 0 Å². The molecule has 0 aromatic carbocycles. The van der Waals surface area contributed by atoms with E-state index in [9.17, 15) is 0 Å². The van der Waals surface area contributed by atoms with E-state index in [1.165, 1.54) is 5.56 Å². The summed E-state index contributed by atoms with van der Waals surface area (Å²) in [5, 5.41) is 2.10. The van der Waals surface area contributed by atoms with Crippen LogP contribution in [0.3, 0.4) is 0 Å². The van der Waals surface area contributed by atoms with Crippen LogP contribution in [0.2, 0.25) is 4.34 Å². The van der Waals surface area contributed by atoms with Crippen molar-refractivity contribution in [2.45, 2.75) is 32.7 Å². The predicted molar refractivity (Wildman–Crippen MR) is 55.9 cm³/mol. The minimum absolute atomic E-state index is 0.151. The van der Waals surface area contributed by atoms with E-state index in [-0.39, 0.29) is 5.41 Å². The number of hydrogen-bond donors (Lipinski definition) is 1. The van der Waals surface area contributed by atoms with Gasteiger partial charge in [-0.2, -0.15) is 0 Å². The van der Waals surface area contributed by atoms with Crippen molar-refractivity contribution in [3.8, 4) is 0 Å². The Kier molecular flexibility index (Phi) is 2.81. The summed E-state index contributed by atoms with van der Waals surface area (Å²) >= 11 is 7.56. The maximum Gasteiger partial charge on any atom is 0.0976 e. The van der Waals surface area contributed by atoms with Gasteiger partial charge in [0.15, 0.2) is 0 Å². The van der Waals surface area contributed by atoms with Gasteiger partial charge in [-0.15, -0.1) is 11.3 Å². The number of rotatable bonds is 1. The fraction of sp³-hybridized carbons (Fsp3) is 0.556. The quantitative estimate of drug-likeness (QED) is 0.746. The molecule has 0 fully saturated rings. The van der Waals surface area contributed by atoms with E-state index in [1.807, 2.05) is 0 Å². The molecule has 0 radical (unpaired) electrons. The van der Waals surface area contributed by atoms with Crippen molar-refractivity contribution in [3.63, 3.8) is 0 Å². The Bertz CT molecular complexity index is 273. The van der Waals surface area contributed by atoms with Gasteiger partial charge in [0.25, 0.3) is 0 Å². The molecule has 0 atom stereocenters. The lowest BCUT2D eigenvalue weighted by Gasteiger charge is -2.18. The second-order valence-corrected chi connectivity index (χ2v) is 5.34. The zero-order chi connectivity index (χ0) is 9.35. The molecule has 0 saturated carbocycles. The number of hydrogen-bond acceptors (Lipinski definition) is 2. The molecule has 0 bridgehead atoms. The van der Waals surface area contributed by atoms with Gasteiger partial charge >= 0.3 is 0 Å². The van der Waals surface area contributed by atoms with Crippen LogP contribution >= 0.6 is 22.9 Å². The van der Waals surface area contributed by atoms with Crippen LogP contribution in [0.1, 0.15) is 31.9 Å². The maximum absolute atomic E-state index is 5.99. The van der Waals surface area contributed by atoms with Crippen LogP contribution in [0.15, 0.2) is 5.38 Å². The molecule has 1 rings (SSSR count). The second-order valence-electron chi connectivity index (χ2n) is 3.86. The summed E-state index contributed by atoms with van der Waals surface area (Å²) in [6.45, 7) is 7.05. The normalized spacial score (nSPS) is 12.1. The highest BCUT2D eigenvalue weighted by Gasteiger charge is 2.20. The zero-order valence-corrected chi connectivity index (χ0v) is 9.22. The van der Waals surface area contributed by atoms with Crippen LogP contribution < -0.4 is 5.73 Å². The average Bonchev–Trinajstić information content (AvgIpc) is 2.29. The van der Waals surface area contributed by atoms with Crippen LogP contribution in [-0.4, -0.2) is 0 Å². The van der Waals surface area contributed by atoms with Gasteiger partial charge in [-0.25, -0.2) is 0 Å². The van der Waals surface area contributed by atoms with Crippen molar-refractivity contribution in [2.75, 3.05) is 0 Å². The van der Waals surface area contributed by atoms with E-state index in [1.54, 1.807) is 11.3 Å². The molecular formula is C9H14ClNS. The molecule has 1 heterocycles. The third-order valence-corrected chi connectivity index (χ3v) is 3.16. The third kappa shape index (κ3) is 1.82. The summed E-state index contributed by atoms with van der Waals surface area (Å²) < 4.78 is 0.836. The molecule has 0 spiro atoms. The molecule has 68 valence electrons. The second kappa shape index (κ2) is 3.36. The first-order valence-electron chi connectivity index (χ1n) is 3.93. The number of nitrogens with two attached hydrogens (primary N) is 1. The summed E-state index contributed by atoms with van der Waals surface area (Å²) in [6.07, 6.45) is 0. The zero-order valence-electron chi connectivity index (χ0n) is 7.65. The topological polar surface area (TPSA) is 26.0 Å². The molecule has 0 amide bonds. The lowest BCUT2D eigenvalue weighted by molar-refractivity contribution is 0.585. The molecule has 1 aromatic rings. The highest BCUT2D eigenvalue weighted by atomic mass is 35.5. The summed E-state index contributed by atoms with van der Waals surface area (Å²) in [7, 11) is 0. The molecule has 0 saturated heterocycles. The van der Waals surface area contributed by atoms with E-state index in [4.69, 9.17) is 17.3 Å². The van der Waals surface area contributed by atoms with Crippen molar-refractivity contribution in [3.05, 3.63) is 20.8 Å². The fourth-order valence-corrected chi connectivity index (χ4v) is 2.54. The number of halogens is 1. The van der Waals surface area contributed by atoms with Gasteiger partial charge in [0, 0.05) is 6.54 Å². The smallest absolute Gasteiger partial charge is 0.0976 e. The molecule has 1 aromatic heterocycles. The Morgan fingerprint density at radius 3 is 2.42 bits per heavy atom. The highest BCUT2D eigenvalue weighted by Crippen LogP contribution is 2.35. The summed E-state index contributed by atoms with van der Waals surface area (Å²) in [4.78, 5) is 0. The van der Waals surface area contributed by atoms with Gasteiger partial charge in [0.1, 0.15) is 0 Å². The van der Waals surface area contributed by atoms with Crippen LogP contribution in [0, 0.1) is 0 Å². The molecule has 0 aliphatic rings. The molecule has 0 aliphatic carbocycles. The van der Waals surface area contributed by atoms with Crippen LogP contribution in [0.4, 0.5) is 0 Å². The summed E-state index contributed by atoms with van der Waals surface area (Å²) in [6, 6.07) is 0. The van der Waals surface area contributed by atoms with E-state index in [2.05, 4.69) is 26.2 Å². The summed E-state index contributed by atoms with van der Waals surface area (Å²) in [5.74, 6) is 0. The van der Waals surface area contributed by atoms with Gasteiger partial charge in [-0.1, -0.05) is 32.4 Å². The Morgan fingerprint density at radius 2 is 2.08 bits per heavy atom. The molecule has 2 N–H and O–H groups in total. The van der Waals surface area contributed by atoms with E-state index >= 15 is 0 Å². The monoisotopic (exact) mass is 203 g/mol. The molecule has 12 heavy (non-hydrogen) atoms. The van der Waals surface area contributed by atoms with Crippen molar-refractivity contribution in [1.29, 1.82) is 0 Å². The van der Waals surface area contributed by atoms with E-state index in [0.717, 1.165) is 9.90 Å². The lowest BCUT2D eigenvalue weighted by atomic mass is 9.86. The Labute approximate surface area is 82.5 Å². The van der Waals surface area contributed by atoms with Crippen molar-refractivity contribution in [2.24, 2.45) is 5.73 Å². The van der Waals surface area contributed by atoms with Gasteiger partial charge in [-0.05, 0) is 21.9 Å². The number of thiophene rings is 1. The minimum atomic E-state index is 0.151. The van der Waals surface area contributed by atoms with Gasteiger partial charge in [0.05, 0.1) is 4.34 Å². The predicted octanol–water partition coefficient (Wildman–Crippen LogP) is 3.16. The average molecular weight is 204 g/mol. The van der Waals surface area contributed by atoms with Crippen molar-refractivity contribution < 1.29 is 0 Å². The highest BCUT2D eigenvalue weighted by molar-refractivity contribution is 7.14.